The molecule has 14 heavy (non-hydrogen) atoms. The summed E-state index contributed by atoms with van der Waals surface area (Å²) >= 11 is 0. The third-order valence-electron chi connectivity index (χ3n) is 1.99. The van der Waals surface area contributed by atoms with Crippen molar-refractivity contribution in [1.82, 2.24) is 5.32 Å². The van der Waals surface area contributed by atoms with Crippen LogP contribution in [0.5, 0.6) is 0 Å². The van der Waals surface area contributed by atoms with Crippen LogP contribution in [-0.2, 0) is 6.54 Å². The molecule has 1 aromatic carbocycles. The van der Waals surface area contributed by atoms with E-state index in [1.54, 1.807) is 0 Å². The van der Waals surface area contributed by atoms with Crippen LogP contribution in [0.3, 0.4) is 0 Å². The summed E-state index contributed by atoms with van der Waals surface area (Å²) in [6.45, 7) is 2.90. The van der Waals surface area contributed by atoms with Gasteiger partial charge in [0.2, 0.25) is 0 Å². The van der Waals surface area contributed by atoms with E-state index in [4.69, 9.17) is 10.0 Å². The molecule has 0 amide bonds. The predicted molar refractivity (Wildman–Crippen MR) is 53.6 cm³/mol. The van der Waals surface area contributed by atoms with Gasteiger partial charge in [0.1, 0.15) is 5.82 Å². The number of halogens is 1. The molecule has 0 bridgehead atoms. The number of nitrogens with one attached hydrogen (secondary N) is 1. The van der Waals surface area contributed by atoms with Gasteiger partial charge in [0.05, 0.1) is 0 Å². The molecule has 0 unspecified atom stereocenters. The number of rotatable bonds is 4. The predicted octanol–water partition coefficient (Wildman–Crippen LogP) is -0.385. The van der Waals surface area contributed by atoms with Crippen LogP contribution < -0.4 is 10.8 Å². The quantitative estimate of drug-likeness (QED) is 0.576. The fourth-order valence-corrected chi connectivity index (χ4v) is 1.25. The molecule has 3 nitrogen and oxygen atoms in total. The van der Waals surface area contributed by atoms with Crippen LogP contribution in [0, 0.1) is 5.82 Å². The minimum Gasteiger partial charge on any atom is -0.423 e. The van der Waals surface area contributed by atoms with Crippen molar-refractivity contribution in [3.63, 3.8) is 0 Å². The van der Waals surface area contributed by atoms with E-state index in [0.29, 0.717) is 18.7 Å². The molecular weight excluding hydrogens is 184 g/mol. The Bertz CT molecular complexity index is 307. The van der Waals surface area contributed by atoms with Crippen LogP contribution in [0.4, 0.5) is 4.39 Å². The molecule has 0 aliphatic carbocycles. The zero-order valence-electron chi connectivity index (χ0n) is 8.00. The van der Waals surface area contributed by atoms with E-state index < -0.39 is 12.9 Å². The van der Waals surface area contributed by atoms with E-state index in [1.165, 1.54) is 18.2 Å². The molecule has 0 radical (unpaired) electrons. The van der Waals surface area contributed by atoms with Crippen LogP contribution in [0.2, 0.25) is 0 Å². The summed E-state index contributed by atoms with van der Waals surface area (Å²) in [7, 11) is -1.63. The minimum absolute atomic E-state index is 0.214. The maximum atomic E-state index is 13.3. The Balaban J connectivity index is 2.96. The van der Waals surface area contributed by atoms with Crippen LogP contribution in [-0.4, -0.2) is 23.7 Å². The summed E-state index contributed by atoms with van der Waals surface area (Å²) in [5.74, 6) is -0.420. The van der Waals surface area contributed by atoms with E-state index in [2.05, 4.69) is 5.32 Å². The van der Waals surface area contributed by atoms with Crippen molar-refractivity contribution >= 4 is 12.6 Å². The molecular formula is C9H13BFNO2. The molecule has 76 valence electrons. The highest BCUT2D eigenvalue weighted by atomic mass is 19.1. The first-order valence-electron chi connectivity index (χ1n) is 4.51. The molecule has 0 atom stereocenters. The van der Waals surface area contributed by atoms with Crippen molar-refractivity contribution in [2.24, 2.45) is 0 Å². The normalized spacial score (nSPS) is 10.3. The Morgan fingerprint density at radius 2 is 2.14 bits per heavy atom. The molecule has 1 rings (SSSR count). The standard InChI is InChI=1S/C9H13BFNO2/c1-2-12-6-7-8(10(13)14)4-3-5-9(7)11/h3-5,12-14H,2,6H2,1H3. The lowest BCUT2D eigenvalue weighted by atomic mass is 9.77. The summed E-state index contributed by atoms with van der Waals surface area (Å²) in [6.07, 6.45) is 0. The van der Waals surface area contributed by atoms with Crippen LogP contribution in [0.25, 0.3) is 0 Å². The number of benzene rings is 1. The van der Waals surface area contributed by atoms with E-state index in [0.717, 1.165) is 0 Å². The van der Waals surface area contributed by atoms with E-state index in [1.807, 2.05) is 6.92 Å². The molecule has 3 N–H and O–H groups in total. The van der Waals surface area contributed by atoms with Gasteiger partial charge in [-0.05, 0) is 18.1 Å². The van der Waals surface area contributed by atoms with Crippen LogP contribution in [0.1, 0.15) is 12.5 Å². The molecule has 0 aliphatic rings. The van der Waals surface area contributed by atoms with Gasteiger partial charge >= 0.3 is 7.12 Å². The number of hydrogen-bond acceptors (Lipinski definition) is 3. The van der Waals surface area contributed by atoms with Crippen LogP contribution >= 0.6 is 0 Å². The summed E-state index contributed by atoms with van der Waals surface area (Å²) in [5.41, 5.74) is 0.523. The lowest BCUT2D eigenvalue weighted by Gasteiger charge is -2.09. The first kappa shape index (κ1) is 11.2. The molecule has 0 aliphatic heterocycles. The average Bonchev–Trinajstić information content (AvgIpc) is 2.15. The second-order valence-electron chi connectivity index (χ2n) is 2.96. The molecule has 0 spiro atoms. The van der Waals surface area contributed by atoms with Crippen molar-refractivity contribution in [2.45, 2.75) is 13.5 Å². The zero-order valence-corrected chi connectivity index (χ0v) is 8.00. The van der Waals surface area contributed by atoms with Crippen molar-refractivity contribution in [3.8, 4) is 0 Å². The second kappa shape index (κ2) is 5.09. The summed E-state index contributed by atoms with van der Waals surface area (Å²) in [5, 5.41) is 20.9. The van der Waals surface area contributed by atoms with E-state index in [-0.39, 0.29) is 5.46 Å². The lowest BCUT2D eigenvalue weighted by molar-refractivity contribution is 0.424. The SMILES string of the molecule is CCNCc1c(F)cccc1B(O)O. The van der Waals surface area contributed by atoms with Gasteiger partial charge in [0.25, 0.3) is 0 Å². The topological polar surface area (TPSA) is 52.5 Å². The molecule has 0 fully saturated rings. The molecule has 0 saturated carbocycles. The van der Waals surface area contributed by atoms with Gasteiger partial charge < -0.3 is 15.4 Å². The summed E-state index contributed by atoms with van der Waals surface area (Å²) in [4.78, 5) is 0. The fourth-order valence-electron chi connectivity index (χ4n) is 1.25. The number of hydrogen-bond donors (Lipinski definition) is 3. The highest BCUT2D eigenvalue weighted by Gasteiger charge is 2.17. The largest absolute Gasteiger partial charge is 0.488 e. The van der Waals surface area contributed by atoms with Gasteiger partial charge in [-0.2, -0.15) is 0 Å². The summed E-state index contributed by atoms with van der Waals surface area (Å²) in [6, 6.07) is 4.26. The van der Waals surface area contributed by atoms with Crippen LogP contribution in [0.15, 0.2) is 18.2 Å². The third-order valence-corrected chi connectivity index (χ3v) is 1.99. The lowest BCUT2D eigenvalue weighted by Crippen LogP contribution is -2.35. The van der Waals surface area contributed by atoms with Gasteiger partial charge in [-0.15, -0.1) is 0 Å². The molecule has 5 heteroatoms. The minimum atomic E-state index is -1.63. The fraction of sp³-hybridized carbons (Fsp3) is 0.333. The second-order valence-corrected chi connectivity index (χ2v) is 2.96. The van der Waals surface area contributed by atoms with Crippen molar-refractivity contribution in [1.29, 1.82) is 0 Å². The smallest absolute Gasteiger partial charge is 0.423 e. The Labute approximate surface area is 82.7 Å². The maximum Gasteiger partial charge on any atom is 0.488 e. The monoisotopic (exact) mass is 197 g/mol. The van der Waals surface area contributed by atoms with Gasteiger partial charge in [0.15, 0.2) is 0 Å². The molecule has 0 aromatic heterocycles. The van der Waals surface area contributed by atoms with Gasteiger partial charge in [-0.3, -0.25) is 0 Å². The molecule has 0 saturated heterocycles. The molecule has 1 aromatic rings. The van der Waals surface area contributed by atoms with Crippen molar-refractivity contribution in [3.05, 3.63) is 29.6 Å². The third kappa shape index (κ3) is 2.54. The maximum absolute atomic E-state index is 13.3. The highest BCUT2D eigenvalue weighted by molar-refractivity contribution is 6.59. The van der Waals surface area contributed by atoms with Crippen molar-refractivity contribution < 1.29 is 14.4 Å². The average molecular weight is 197 g/mol. The van der Waals surface area contributed by atoms with Crippen molar-refractivity contribution in [2.75, 3.05) is 6.54 Å². The van der Waals surface area contributed by atoms with E-state index in [9.17, 15) is 4.39 Å². The Kier molecular flexibility index (Phi) is 4.07. The molecule has 0 heterocycles. The van der Waals surface area contributed by atoms with Gasteiger partial charge in [-0.1, -0.05) is 19.1 Å². The van der Waals surface area contributed by atoms with Gasteiger partial charge in [0, 0.05) is 12.1 Å². The first-order chi connectivity index (χ1) is 6.66. The first-order valence-corrected chi connectivity index (χ1v) is 4.51. The Morgan fingerprint density at radius 3 is 2.71 bits per heavy atom. The van der Waals surface area contributed by atoms with E-state index >= 15 is 0 Å². The Morgan fingerprint density at radius 1 is 1.43 bits per heavy atom. The summed E-state index contributed by atoms with van der Waals surface area (Å²) < 4.78 is 13.3. The Hall–Kier alpha value is -0.905. The zero-order chi connectivity index (χ0) is 10.6. The van der Waals surface area contributed by atoms with Gasteiger partial charge in [-0.25, -0.2) is 4.39 Å². The highest BCUT2D eigenvalue weighted by Crippen LogP contribution is 2.04.